The van der Waals surface area contributed by atoms with Gasteiger partial charge in [-0.1, -0.05) is 91.0 Å². The topological polar surface area (TPSA) is 40.5 Å². The van der Waals surface area contributed by atoms with Gasteiger partial charge in [0.25, 0.3) is 0 Å². The lowest BCUT2D eigenvalue weighted by atomic mass is 9.82. The average Bonchev–Trinajstić information content (AvgIpc) is 2.64. The van der Waals surface area contributed by atoms with Gasteiger partial charge in [0.1, 0.15) is 0 Å². The van der Waals surface area contributed by atoms with E-state index in [1.54, 1.807) is 0 Å². The Bertz CT molecular complexity index is 712. The van der Waals surface area contributed by atoms with Gasteiger partial charge < -0.3 is 10.2 Å². The van der Waals surface area contributed by atoms with Crippen molar-refractivity contribution < 1.29 is 10.2 Å². The minimum atomic E-state index is -1.02. The van der Waals surface area contributed by atoms with Crippen LogP contribution in [0.4, 0.5) is 0 Å². The molecule has 0 aliphatic rings. The van der Waals surface area contributed by atoms with E-state index in [1.165, 1.54) is 0 Å². The second-order valence-electron chi connectivity index (χ2n) is 6.68. The Morgan fingerprint density at radius 2 is 1.04 bits per heavy atom. The molecule has 0 bridgehead atoms. The average molecular weight is 332 g/mol. The highest BCUT2D eigenvalue weighted by molar-refractivity contribution is 5.23. The molecule has 0 heterocycles. The van der Waals surface area contributed by atoms with Crippen LogP contribution in [0.5, 0.6) is 0 Å². The third-order valence-electron chi connectivity index (χ3n) is 4.51. The molecule has 0 unspecified atom stereocenters. The molecule has 2 nitrogen and oxygen atoms in total. The zero-order valence-corrected chi connectivity index (χ0v) is 14.3. The van der Waals surface area contributed by atoms with Gasteiger partial charge in [-0.3, -0.25) is 0 Å². The van der Waals surface area contributed by atoms with Crippen molar-refractivity contribution in [1.29, 1.82) is 0 Å². The highest BCUT2D eigenvalue weighted by Gasteiger charge is 2.31. The molecule has 0 spiro atoms. The summed E-state index contributed by atoms with van der Waals surface area (Å²) in [5.41, 5.74) is 1.96. The molecule has 0 fully saturated rings. The van der Waals surface area contributed by atoms with Crippen LogP contribution in [0.3, 0.4) is 0 Å². The van der Waals surface area contributed by atoms with E-state index in [0.29, 0.717) is 19.3 Å². The van der Waals surface area contributed by atoms with Crippen LogP contribution in [0.25, 0.3) is 0 Å². The van der Waals surface area contributed by atoms with Gasteiger partial charge in [-0.25, -0.2) is 0 Å². The Hall–Kier alpha value is -2.42. The van der Waals surface area contributed by atoms with Crippen molar-refractivity contribution in [1.82, 2.24) is 0 Å². The monoisotopic (exact) mass is 332 g/mol. The molecule has 0 aromatic heterocycles. The van der Waals surface area contributed by atoms with E-state index in [2.05, 4.69) is 0 Å². The van der Waals surface area contributed by atoms with Crippen molar-refractivity contribution in [2.75, 3.05) is 0 Å². The van der Waals surface area contributed by atoms with E-state index in [1.807, 2.05) is 91.0 Å². The SMILES string of the molecule is O[C@H](CC(O)(Cc1ccccc1)Cc1ccccc1)c1ccccc1. The van der Waals surface area contributed by atoms with Crippen LogP contribution in [-0.2, 0) is 12.8 Å². The zero-order valence-electron chi connectivity index (χ0n) is 14.3. The normalized spacial score (nSPS) is 12.7. The summed E-state index contributed by atoms with van der Waals surface area (Å²) in [6.45, 7) is 0. The molecule has 0 aliphatic heterocycles. The van der Waals surface area contributed by atoms with Gasteiger partial charge in [0, 0.05) is 19.3 Å². The summed E-state index contributed by atoms with van der Waals surface area (Å²) in [7, 11) is 0. The van der Waals surface area contributed by atoms with Crippen molar-refractivity contribution in [2.45, 2.75) is 31.0 Å². The molecule has 128 valence electrons. The first-order valence-corrected chi connectivity index (χ1v) is 8.68. The largest absolute Gasteiger partial charge is 0.389 e. The summed E-state index contributed by atoms with van der Waals surface area (Å²) in [6, 6.07) is 29.5. The highest BCUT2D eigenvalue weighted by atomic mass is 16.3. The summed E-state index contributed by atoms with van der Waals surface area (Å²) >= 11 is 0. The van der Waals surface area contributed by atoms with Crippen LogP contribution < -0.4 is 0 Å². The van der Waals surface area contributed by atoms with Crippen molar-refractivity contribution in [3.63, 3.8) is 0 Å². The van der Waals surface area contributed by atoms with Gasteiger partial charge in [-0.2, -0.15) is 0 Å². The quantitative estimate of drug-likeness (QED) is 0.676. The Labute approximate surface area is 149 Å². The molecule has 0 radical (unpaired) electrons. The standard InChI is InChI=1S/C23H24O2/c24-22(21-14-8-3-9-15-21)18-23(25,16-19-10-4-1-5-11-19)17-20-12-6-2-7-13-20/h1-15,22,24-25H,16-18H2/t22-/m1/s1. The van der Waals surface area contributed by atoms with Gasteiger partial charge in [-0.05, 0) is 16.7 Å². The summed E-state index contributed by atoms with van der Waals surface area (Å²) in [5, 5.41) is 22.0. The van der Waals surface area contributed by atoms with Crippen LogP contribution in [0.2, 0.25) is 0 Å². The number of benzene rings is 3. The van der Waals surface area contributed by atoms with Crippen molar-refractivity contribution in [3.8, 4) is 0 Å². The molecule has 25 heavy (non-hydrogen) atoms. The molecule has 0 saturated carbocycles. The van der Waals surface area contributed by atoms with Gasteiger partial charge in [0.05, 0.1) is 11.7 Å². The van der Waals surface area contributed by atoms with Crippen LogP contribution >= 0.6 is 0 Å². The fourth-order valence-electron chi connectivity index (χ4n) is 3.31. The molecular weight excluding hydrogens is 308 g/mol. The molecule has 3 aromatic carbocycles. The van der Waals surface area contributed by atoms with Crippen LogP contribution in [-0.4, -0.2) is 15.8 Å². The van der Waals surface area contributed by atoms with E-state index in [9.17, 15) is 10.2 Å². The lowest BCUT2D eigenvalue weighted by Gasteiger charge is -2.31. The van der Waals surface area contributed by atoms with E-state index in [-0.39, 0.29) is 0 Å². The van der Waals surface area contributed by atoms with Crippen molar-refractivity contribution in [2.24, 2.45) is 0 Å². The van der Waals surface area contributed by atoms with Gasteiger partial charge in [0.2, 0.25) is 0 Å². The smallest absolute Gasteiger partial charge is 0.0817 e. The molecule has 2 heteroatoms. The Balaban J connectivity index is 1.82. The first-order valence-electron chi connectivity index (χ1n) is 8.68. The molecular formula is C23H24O2. The second-order valence-corrected chi connectivity index (χ2v) is 6.68. The number of aliphatic hydroxyl groups is 2. The first-order chi connectivity index (χ1) is 12.1. The number of rotatable bonds is 7. The molecule has 2 N–H and O–H groups in total. The van der Waals surface area contributed by atoms with Crippen LogP contribution in [0.1, 0.15) is 29.2 Å². The molecule has 0 amide bonds. The fourth-order valence-corrected chi connectivity index (χ4v) is 3.31. The van der Waals surface area contributed by atoms with Gasteiger partial charge >= 0.3 is 0 Å². The van der Waals surface area contributed by atoms with E-state index >= 15 is 0 Å². The third kappa shape index (κ3) is 5.02. The Kier molecular flexibility index (Phi) is 5.64. The predicted octanol–water partition coefficient (Wildman–Crippen LogP) is 4.33. The molecule has 0 aliphatic carbocycles. The van der Waals surface area contributed by atoms with Crippen LogP contribution in [0.15, 0.2) is 91.0 Å². The minimum Gasteiger partial charge on any atom is -0.389 e. The number of aliphatic hydroxyl groups excluding tert-OH is 1. The predicted molar refractivity (Wildman–Crippen MR) is 101 cm³/mol. The summed E-state index contributed by atoms with van der Waals surface area (Å²) in [6.07, 6.45) is 0.610. The lowest BCUT2D eigenvalue weighted by molar-refractivity contribution is -0.0112. The summed E-state index contributed by atoms with van der Waals surface area (Å²) < 4.78 is 0. The minimum absolute atomic E-state index is 0.292. The number of hydrogen-bond acceptors (Lipinski definition) is 2. The lowest BCUT2D eigenvalue weighted by Crippen LogP contribution is -2.36. The van der Waals surface area contributed by atoms with E-state index in [4.69, 9.17) is 0 Å². The van der Waals surface area contributed by atoms with Gasteiger partial charge in [0.15, 0.2) is 0 Å². The zero-order chi connectivity index (χ0) is 17.5. The van der Waals surface area contributed by atoms with Gasteiger partial charge in [-0.15, -0.1) is 0 Å². The van der Waals surface area contributed by atoms with E-state index in [0.717, 1.165) is 16.7 Å². The van der Waals surface area contributed by atoms with Crippen molar-refractivity contribution in [3.05, 3.63) is 108 Å². The molecule has 1 atom stereocenters. The maximum atomic E-state index is 11.4. The summed E-state index contributed by atoms with van der Waals surface area (Å²) in [4.78, 5) is 0. The fraction of sp³-hybridized carbons (Fsp3) is 0.217. The number of hydrogen-bond donors (Lipinski definition) is 2. The first kappa shape index (κ1) is 17.4. The third-order valence-corrected chi connectivity index (χ3v) is 4.51. The second kappa shape index (κ2) is 8.11. The highest BCUT2D eigenvalue weighted by Crippen LogP contribution is 2.30. The van der Waals surface area contributed by atoms with Crippen molar-refractivity contribution >= 4 is 0 Å². The molecule has 3 rings (SSSR count). The summed E-state index contributed by atoms with van der Waals surface area (Å²) in [5.74, 6) is 0. The maximum Gasteiger partial charge on any atom is 0.0817 e. The van der Waals surface area contributed by atoms with E-state index < -0.39 is 11.7 Å². The maximum absolute atomic E-state index is 11.4. The Morgan fingerprint density at radius 1 is 0.640 bits per heavy atom. The molecule has 3 aromatic rings. The Morgan fingerprint density at radius 3 is 1.48 bits per heavy atom. The molecule has 0 saturated heterocycles. The van der Waals surface area contributed by atoms with Crippen LogP contribution in [0, 0.1) is 0 Å².